The number of carbonyl (C=O) groups excluding carboxylic acids is 1. The highest BCUT2D eigenvalue weighted by atomic mass is 35.5. The van der Waals surface area contributed by atoms with Crippen LogP contribution in [0.4, 0.5) is 0 Å². The highest BCUT2D eigenvalue weighted by Gasteiger charge is 2.28. The lowest BCUT2D eigenvalue weighted by atomic mass is 10.1. The molecule has 0 aliphatic carbocycles. The van der Waals surface area contributed by atoms with Crippen LogP contribution in [0.2, 0.25) is 5.02 Å². The van der Waals surface area contributed by atoms with E-state index in [1.807, 2.05) is 24.3 Å². The van der Waals surface area contributed by atoms with E-state index < -0.39 is 0 Å². The Morgan fingerprint density at radius 2 is 2.17 bits per heavy atom. The van der Waals surface area contributed by atoms with Crippen LogP contribution in [0, 0.1) is 11.3 Å². The van der Waals surface area contributed by atoms with Crippen LogP contribution in [0.15, 0.2) is 36.7 Å². The molecule has 3 rings (SSSR count). The van der Waals surface area contributed by atoms with Crippen molar-refractivity contribution >= 4 is 17.5 Å². The number of halogens is 1. The molecule has 1 aliphatic heterocycles. The second-order valence-corrected chi connectivity index (χ2v) is 5.87. The Balaban J connectivity index is 1.60. The molecule has 1 aromatic carbocycles. The van der Waals surface area contributed by atoms with E-state index in [2.05, 4.69) is 9.97 Å². The first-order valence-corrected chi connectivity index (χ1v) is 7.94. The summed E-state index contributed by atoms with van der Waals surface area (Å²) in [7, 11) is 0. The summed E-state index contributed by atoms with van der Waals surface area (Å²) in [6, 6.07) is 9.27. The fourth-order valence-corrected chi connectivity index (χ4v) is 2.82. The van der Waals surface area contributed by atoms with Crippen LogP contribution in [0.1, 0.15) is 17.7 Å². The van der Waals surface area contributed by atoms with Gasteiger partial charge in [0.05, 0.1) is 13.0 Å². The number of nitrogens with zero attached hydrogens (tertiary/aromatic N) is 4. The van der Waals surface area contributed by atoms with Gasteiger partial charge in [-0.3, -0.25) is 4.79 Å². The summed E-state index contributed by atoms with van der Waals surface area (Å²) < 4.78 is 5.74. The third-order valence-corrected chi connectivity index (χ3v) is 4.21. The number of nitriles is 1. The van der Waals surface area contributed by atoms with Crippen molar-refractivity contribution in [3.05, 3.63) is 52.9 Å². The molecule has 2 aromatic rings. The molecule has 1 aromatic heterocycles. The van der Waals surface area contributed by atoms with Crippen molar-refractivity contribution in [1.29, 1.82) is 5.26 Å². The Morgan fingerprint density at radius 1 is 1.38 bits per heavy atom. The van der Waals surface area contributed by atoms with Crippen LogP contribution >= 0.6 is 11.6 Å². The molecule has 0 spiro atoms. The molecule has 1 atom stereocenters. The molecule has 24 heavy (non-hydrogen) atoms. The highest BCUT2D eigenvalue weighted by molar-refractivity contribution is 6.31. The minimum atomic E-state index is -0.191. The molecular formula is C17H15ClN4O2. The van der Waals surface area contributed by atoms with Gasteiger partial charge in [0.25, 0.3) is 5.88 Å². The van der Waals surface area contributed by atoms with Crippen molar-refractivity contribution in [2.24, 2.45) is 0 Å². The zero-order chi connectivity index (χ0) is 16.9. The van der Waals surface area contributed by atoms with Gasteiger partial charge in [-0.25, -0.2) is 9.97 Å². The molecule has 0 N–H and O–H groups in total. The monoisotopic (exact) mass is 342 g/mol. The normalized spacial score (nSPS) is 16.7. The van der Waals surface area contributed by atoms with Crippen LogP contribution in [0.3, 0.4) is 0 Å². The average Bonchev–Trinajstić information content (AvgIpc) is 3.06. The summed E-state index contributed by atoms with van der Waals surface area (Å²) in [6.45, 7) is 1.07. The molecule has 6 nitrogen and oxygen atoms in total. The van der Waals surface area contributed by atoms with E-state index in [9.17, 15) is 4.79 Å². The van der Waals surface area contributed by atoms with Crippen molar-refractivity contribution in [2.45, 2.75) is 18.9 Å². The lowest BCUT2D eigenvalue weighted by Crippen LogP contribution is -2.32. The second kappa shape index (κ2) is 7.28. The maximum Gasteiger partial charge on any atom is 0.251 e. The summed E-state index contributed by atoms with van der Waals surface area (Å²) in [5.41, 5.74) is 0.965. The Hall–Kier alpha value is -2.65. The first-order valence-electron chi connectivity index (χ1n) is 7.56. The van der Waals surface area contributed by atoms with E-state index in [0.717, 1.165) is 5.56 Å². The maximum atomic E-state index is 12.4. The topological polar surface area (TPSA) is 79.1 Å². The molecule has 0 radical (unpaired) electrons. The zero-order valence-electron chi connectivity index (χ0n) is 12.9. The Bertz CT molecular complexity index is 790. The van der Waals surface area contributed by atoms with E-state index in [0.29, 0.717) is 24.5 Å². The van der Waals surface area contributed by atoms with E-state index in [-0.39, 0.29) is 30.0 Å². The molecule has 2 heterocycles. The number of benzene rings is 1. The minimum Gasteiger partial charge on any atom is -0.470 e. The number of hydrogen-bond donors (Lipinski definition) is 0. The lowest BCUT2D eigenvalue weighted by molar-refractivity contribution is -0.129. The Morgan fingerprint density at radius 3 is 2.96 bits per heavy atom. The van der Waals surface area contributed by atoms with E-state index in [1.54, 1.807) is 11.0 Å². The van der Waals surface area contributed by atoms with Crippen LogP contribution < -0.4 is 4.74 Å². The number of amides is 1. The summed E-state index contributed by atoms with van der Waals surface area (Å²) in [6.07, 6.45) is 3.69. The molecule has 1 amide bonds. The number of ether oxygens (including phenoxy) is 1. The molecule has 1 aliphatic rings. The van der Waals surface area contributed by atoms with Crippen molar-refractivity contribution in [3.8, 4) is 11.9 Å². The fraction of sp³-hybridized carbons (Fsp3) is 0.294. The number of rotatable bonds is 4. The Kier molecular flexibility index (Phi) is 4.92. The molecule has 0 bridgehead atoms. The first kappa shape index (κ1) is 16.2. The maximum absolute atomic E-state index is 12.4. The van der Waals surface area contributed by atoms with Crippen LogP contribution in [-0.2, 0) is 11.2 Å². The van der Waals surface area contributed by atoms with Gasteiger partial charge in [0, 0.05) is 30.4 Å². The standard InChI is InChI=1S/C17H15ClN4O2/c18-14-4-2-1-3-12(14)9-16(23)22-8-5-13(11-22)24-17-15(10-19)20-6-7-21-17/h1-4,6-7,13H,5,8-9,11H2. The smallest absolute Gasteiger partial charge is 0.251 e. The second-order valence-electron chi connectivity index (χ2n) is 5.46. The van der Waals surface area contributed by atoms with Gasteiger partial charge in [0.2, 0.25) is 11.6 Å². The minimum absolute atomic E-state index is 0.00820. The van der Waals surface area contributed by atoms with E-state index >= 15 is 0 Å². The van der Waals surface area contributed by atoms with E-state index in [4.69, 9.17) is 21.6 Å². The number of likely N-dealkylation sites (tertiary alicyclic amines) is 1. The van der Waals surface area contributed by atoms with Crippen molar-refractivity contribution in [2.75, 3.05) is 13.1 Å². The SMILES string of the molecule is N#Cc1nccnc1OC1CCN(C(=O)Cc2ccccc2Cl)C1. The summed E-state index contributed by atoms with van der Waals surface area (Å²) >= 11 is 6.10. The van der Waals surface area contributed by atoms with E-state index in [1.165, 1.54) is 12.4 Å². The van der Waals surface area contributed by atoms with Gasteiger partial charge >= 0.3 is 0 Å². The predicted molar refractivity (Wildman–Crippen MR) is 87.5 cm³/mol. The third kappa shape index (κ3) is 3.63. The number of aromatic nitrogens is 2. The van der Waals surface area contributed by atoms with Gasteiger partial charge in [-0.1, -0.05) is 29.8 Å². The molecule has 7 heteroatoms. The molecule has 122 valence electrons. The van der Waals surface area contributed by atoms with Crippen molar-refractivity contribution in [1.82, 2.24) is 14.9 Å². The summed E-state index contributed by atoms with van der Waals surface area (Å²) in [5, 5.41) is 9.61. The number of carbonyl (C=O) groups is 1. The predicted octanol–water partition coefficient (Wildman–Crippen LogP) is 2.22. The summed E-state index contributed by atoms with van der Waals surface area (Å²) in [5.74, 6) is 0.222. The van der Waals surface area contributed by atoms with Crippen LogP contribution in [-0.4, -0.2) is 40.0 Å². The lowest BCUT2D eigenvalue weighted by Gasteiger charge is -2.17. The fourth-order valence-electron chi connectivity index (χ4n) is 2.61. The molecule has 0 saturated carbocycles. The molecule has 1 saturated heterocycles. The quantitative estimate of drug-likeness (QED) is 0.851. The van der Waals surface area contributed by atoms with Crippen LogP contribution in [0.25, 0.3) is 0 Å². The molecule has 1 unspecified atom stereocenters. The van der Waals surface area contributed by atoms with Gasteiger partial charge in [0.1, 0.15) is 12.2 Å². The zero-order valence-corrected chi connectivity index (χ0v) is 13.6. The summed E-state index contributed by atoms with van der Waals surface area (Å²) in [4.78, 5) is 22.1. The third-order valence-electron chi connectivity index (χ3n) is 3.85. The average molecular weight is 343 g/mol. The van der Waals surface area contributed by atoms with Gasteiger partial charge in [-0.2, -0.15) is 5.26 Å². The van der Waals surface area contributed by atoms with Gasteiger partial charge in [-0.05, 0) is 11.6 Å². The van der Waals surface area contributed by atoms with Crippen molar-refractivity contribution in [3.63, 3.8) is 0 Å². The molecular weight excluding hydrogens is 328 g/mol. The van der Waals surface area contributed by atoms with Gasteiger partial charge < -0.3 is 9.64 Å². The first-order chi connectivity index (χ1) is 11.7. The number of hydrogen-bond acceptors (Lipinski definition) is 5. The Labute approximate surface area is 144 Å². The molecule has 1 fully saturated rings. The van der Waals surface area contributed by atoms with Gasteiger partial charge in [0.15, 0.2) is 0 Å². The largest absolute Gasteiger partial charge is 0.470 e. The van der Waals surface area contributed by atoms with Crippen molar-refractivity contribution < 1.29 is 9.53 Å². The van der Waals surface area contributed by atoms with Crippen LogP contribution in [0.5, 0.6) is 5.88 Å². The highest BCUT2D eigenvalue weighted by Crippen LogP contribution is 2.21. The van der Waals surface area contributed by atoms with Gasteiger partial charge in [-0.15, -0.1) is 0 Å².